The lowest BCUT2D eigenvalue weighted by Gasteiger charge is -2.21. The van der Waals surface area contributed by atoms with E-state index in [0.29, 0.717) is 22.3 Å². The first kappa shape index (κ1) is 18.8. The second kappa shape index (κ2) is 8.60. The van der Waals surface area contributed by atoms with Crippen molar-refractivity contribution in [3.05, 3.63) is 77.3 Å². The molecule has 3 rings (SSSR count). The zero-order valence-corrected chi connectivity index (χ0v) is 15.8. The number of ether oxygens (including phenoxy) is 2. The van der Waals surface area contributed by atoms with Gasteiger partial charge in [-0.2, -0.15) is 0 Å². The van der Waals surface area contributed by atoms with Gasteiger partial charge in [0.25, 0.3) is 5.91 Å². The van der Waals surface area contributed by atoms with Gasteiger partial charge in [-0.15, -0.1) is 0 Å². The Balaban J connectivity index is 1.81. The van der Waals surface area contributed by atoms with E-state index in [4.69, 9.17) is 21.1 Å². The molecule has 1 aromatic heterocycles. The molecule has 0 aliphatic rings. The summed E-state index contributed by atoms with van der Waals surface area (Å²) in [6.45, 7) is -0.167. The third-order valence-corrected chi connectivity index (χ3v) is 4.38. The molecule has 3 aromatic rings. The molecule has 0 bridgehead atoms. The van der Waals surface area contributed by atoms with Crippen LogP contribution in [0.15, 0.2) is 60.9 Å². The van der Waals surface area contributed by atoms with Crippen LogP contribution in [-0.4, -0.2) is 29.2 Å². The lowest BCUT2D eigenvalue weighted by molar-refractivity contribution is -0.123. The van der Waals surface area contributed by atoms with Gasteiger partial charge in [0.2, 0.25) is 0 Å². The van der Waals surface area contributed by atoms with Crippen LogP contribution in [0.5, 0.6) is 11.5 Å². The van der Waals surface area contributed by atoms with Gasteiger partial charge in [-0.3, -0.25) is 4.79 Å². The Bertz CT molecular complexity index is 926. The van der Waals surface area contributed by atoms with E-state index in [1.165, 1.54) is 0 Å². The molecule has 0 aliphatic carbocycles. The second-order valence-corrected chi connectivity index (χ2v) is 6.27. The molecule has 0 radical (unpaired) electrons. The van der Waals surface area contributed by atoms with Crippen molar-refractivity contribution in [1.29, 1.82) is 0 Å². The van der Waals surface area contributed by atoms with Crippen molar-refractivity contribution in [2.75, 3.05) is 13.7 Å². The first-order valence-corrected chi connectivity index (χ1v) is 8.74. The summed E-state index contributed by atoms with van der Waals surface area (Å²) in [4.78, 5) is 16.9. The maximum atomic E-state index is 12.6. The Labute approximate surface area is 162 Å². The Morgan fingerprint density at radius 3 is 2.56 bits per heavy atom. The number of para-hydroxylation sites is 2. The second-order valence-electron chi connectivity index (χ2n) is 5.86. The van der Waals surface area contributed by atoms with E-state index < -0.39 is 6.04 Å². The monoisotopic (exact) mass is 385 g/mol. The third kappa shape index (κ3) is 4.41. The van der Waals surface area contributed by atoms with E-state index in [2.05, 4.69) is 10.3 Å². The number of aromatic nitrogens is 2. The number of benzene rings is 2. The number of hydrogen-bond acceptors (Lipinski definition) is 4. The molecule has 0 saturated carbocycles. The molecule has 1 unspecified atom stereocenters. The molecule has 1 heterocycles. The predicted octanol–water partition coefficient (Wildman–Crippen LogP) is 3.37. The average molecular weight is 386 g/mol. The summed E-state index contributed by atoms with van der Waals surface area (Å²) in [6, 6.07) is 14.0. The smallest absolute Gasteiger partial charge is 0.258 e. The van der Waals surface area contributed by atoms with Gasteiger partial charge in [0.1, 0.15) is 23.4 Å². The number of imidazole rings is 1. The fourth-order valence-corrected chi connectivity index (χ4v) is 2.94. The Hall–Kier alpha value is -2.99. The Morgan fingerprint density at radius 2 is 1.89 bits per heavy atom. The van der Waals surface area contributed by atoms with Gasteiger partial charge in [-0.25, -0.2) is 4.98 Å². The number of aryl methyl sites for hydroxylation is 1. The molecule has 7 heteroatoms. The van der Waals surface area contributed by atoms with Gasteiger partial charge in [0.05, 0.1) is 12.1 Å². The van der Waals surface area contributed by atoms with Gasteiger partial charge >= 0.3 is 0 Å². The maximum Gasteiger partial charge on any atom is 0.258 e. The molecule has 0 spiro atoms. The van der Waals surface area contributed by atoms with E-state index in [9.17, 15) is 4.79 Å². The fraction of sp³-hybridized carbons (Fsp3) is 0.200. The highest BCUT2D eigenvalue weighted by Gasteiger charge is 2.24. The van der Waals surface area contributed by atoms with Crippen molar-refractivity contribution in [1.82, 2.24) is 14.9 Å². The summed E-state index contributed by atoms with van der Waals surface area (Å²) < 4.78 is 12.8. The fourth-order valence-electron chi connectivity index (χ4n) is 2.75. The molecule has 0 saturated heterocycles. The lowest BCUT2D eigenvalue weighted by atomic mass is 10.0. The van der Waals surface area contributed by atoms with Crippen molar-refractivity contribution in [3.63, 3.8) is 0 Å². The number of carbonyl (C=O) groups is 1. The number of hydrogen-bond donors (Lipinski definition) is 1. The number of methoxy groups -OCH3 is 1. The summed E-state index contributed by atoms with van der Waals surface area (Å²) >= 11 is 6.06. The molecule has 2 aromatic carbocycles. The molecule has 6 nitrogen and oxygen atoms in total. The molecular weight excluding hydrogens is 366 g/mol. The molecule has 1 amide bonds. The topological polar surface area (TPSA) is 65.4 Å². The average Bonchev–Trinajstić information content (AvgIpc) is 3.11. The SMILES string of the molecule is COc1ccccc1C(NC(=O)COc1ccccc1Cl)c1nccn1C. The van der Waals surface area contributed by atoms with Crippen molar-refractivity contribution < 1.29 is 14.3 Å². The molecule has 140 valence electrons. The van der Waals surface area contributed by atoms with Crippen LogP contribution in [0, 0.1) is 0 Å². The molecule has 0 fully saturated rings. The molecule has 1 N–H and O–H groups in total. The van der Waals surface area contributed by atoms with Gasteiger partial charge < -0.3 is 19.4 Å². The van der Waals surface area contributed by atoms with Gasteiger partial charge in [0.15, 0.2) is 6.61 Å². The van der Waals surface area contributed by atoms with E-state index in [0.717, 1.165) is 5.56 Å². The number of nitrogens with zero attached hydrogens (tertiary/aromatic N) is 2. The number of rotatable bonds is 7. The first-order chi connectivity index (χ1) is 13.1. The third-order valence-electron chi connectivity index (χ3n) is 4.07. The summed E-state index contributed by atoms with van der Waals surface area (Å²) in [5.74, 6) is 1.51. The normalized spacial score (nSPS) is 11.7. The maximum absolute atomic E-state index is 12.6. The highest BCUT2D eigenvalue weighted by Crippen LogP contribution is 2.29. The van der Waals surface area contributed by atoms with Crippen molar-refractivity contribution in [3.8, 4) is 11.5 Å². The predicted molar refractivity (Wildman–Crippen MR) is 103 cm³/mol. The largest absolute Gasteiger partial charge is 0.496 e. The Morgan fingerprint density at radius 1 is 1.19 bits per heavy atom. The summed E-state index contributed by atoms with van der Waals surface area (Å²) in [6.07, 6.45) is 3.51. The van der Waals surface area contributed by atoms with Crippen LogP contribution in [0.25, 0.3) is 0 Å². The van der Waals surface area contributed by atoms with Crippen LogP contribution in [0.2, 0.25) is 5.02 Å². The Kier molecular flexibility index (Phi) is 5.98. The van der Waals surface area contributed by atoms with Gasteiger partial charge in [0, 0.05) is 25.0 Å². The minimum Gasteiger partial charge on any atom is -0.496 e. The van der Waals surface area contributed by atoms with Crippen molar-refractivity contribution in [2.24, 2.45) is 7.05 Å². The van der Waals surface area contributed by atoms with E-state index in [1.807, 2.05) is 42.1 Å². The minimum absolute atomic E-state index is 0.167. The highest BCUT2D eigenvalue weighted by atomic mass is 35.5. The van der Waals surface area contributed by atoms with E-state index in [1.54, 1.807) is 37.6 Å². The van der Waals surface area contributed by atoms with Crippen LogP contribution >= 0.6 is 11.6 Å². The zero-order valence-electron chi connectivity index (χ0n) is 15.1. The lowest BCUT2D eigenvalue weighted by Crippen LogP contribution is -2.34. The minimum atomic E-state index is -0.483. The zero-order chi connectivity index (χ0) is 19.2. The van der Waals surface area contributed by atoms with Crippen LogP contribution in [0.3, 0.4) is 0 Å². The van der Waals surface area contributed by atoms with E-state index in [-0.39, 0.29) is 12.5 Å². The van der Waals surface area contributed by atoms with Gasteiger partial charge in [-0.1, -0.05) is 41.9 Å². The number of amides is 1. The van der Waals surface area contributed by atoms with E-state index >= 15 is 0 Å². The van der Waals surface area contributed by atoms with Crippen LogP contribution < -0.4 is 14.8 Å². The quantitative estimate of drug-likeness (QED) is 0.677. The standard InChI is InChI=1S/C20H20ClN3O3/c1-24-12-11-22-20(24)19(14-7-3-5-9-16(14)26-2)23-18(25)13-27-17-10-6-4-8-15(17)21/h3-12,19H,13H2,1-2H3,(H,23,25). The highest BCUT2D eigenvalue weighted by molar-refractivity contribution is 6.32. The number of carbonyl (C=O) groups excluding carboxylic acids is 1. The summed E-state index contributed by atoms with van der Waals surface area (Å²) in [5, 5.41) is 3.42. The van der Waals surface area contributed by atoms with Crippen molar-refractivity contribution >= 4 is 17.5 Å². The first-order valence-electron chi connectivity index (χ1n) is 8.37. The van der Waals surface area contributed by atoms with Gasteiger partial charge in [-0.05, 0) is 18.2 Å². The molecule has 1 atom stereocenters. The molecular formula is C20H20ClN3O3. The summed E-state index contributed by atoms with van der Waals surface area (Å²) in [5.41, 5.74) is 0.806. The van der Waals surface area contributed by atoms with Crippen molar-refractivity contribution in [2.45, 2.75) is 6.04 Å². The van der Waals surface area contributed by atoms with Crippen LogP contribution in [-0.2, 0) is 11.8 Å². The number of nitrogens with one attached hydrogen (secondary N) is 1. The molecule has 0 aliphatic heterocycles. The van der Waals surface area contributed by atoms with Crippen LogP contribution in [0.4, 0.5) is 0 Å². The number of halogens is 1. The van der Waals surface area contributed by atoms with Crippen LogP contribution in [0.1, 0.15) is 17.4 Å². The molecule has 27 heavy (non-hydrogen) atoms. The summed E-state index contributed by atoms with van der Waals surface area (Å²) in [7, 11) is 3.47.